The molecule has 1 aromatic rings. The Hall–Kier alpha value is -2.31. The number of rotatable bonds is 5. The number of alkyl halides is 1. The Bertz CT molecular complexity index is 940. The Balaban J connectivity index is 1.76. The molecule has 1 heterocycles. The summed E-state index contributed by atoms with van der Waals surface area (Å²) in [4.78, 5) is 27.9. The van der Waals surface area contributed by atoms with Gasteiger partial charge in [0.25, 0.3) is 5.91 Å². The van der Waals surface area contributed by atoms with Crippen LogP contribution in [0.25, 0.3) is 0 Å². The minimum Gasteiger partial charge on any atom is -0.507 e. The number of aliphatic hydroxyl groups is 1. The Morgan fingerprint density at radius 1 is 1.25 bits per heavy atom. The van der Waals surface area contributed by atoms with E-state index in [1.807, 2.05) is 45.9 Å². The molecule has 1 aliphatic heterocycles. The van der Waals surface area contributed by atoms with E-state index in [4.69, 9.17) is 11.6 Å². The number of halogens is 1. The lowest BCUT2D eigenvalue weighted by Crippen LogP contribution is -2.62. The van der Waals surface area contributed by atoms with Crippen molar-refractivity contribution in [2.45, 2.75) is 57.6 Å². The number of carbonyl (C=O) groups excluding carboxylic acids is 2. The van der Waals surface area contributed by atoms with Crippen LogP contribution in [0.3, 0.4) is 0 Å². The maximum atomic E-state index is 13.4. The average molecular weight is 461 g/mol. The number of hydrogen-bond acceptors (Lipinski definition) is 4. The highest BCUT2D eigenvalue weighted by Gasteiger charge is 2.51. The smallest absolute Gasteiger partial charge is 0.255 e. The molecule has 3 N–H and O–H groups in total. The number of para-hydroxylation sites is 1. The van der Waals surface area contributed by atoms with Gasteiger partial charge in [-0.15, -0.1) is 11.6 Å². The van der Waals surface area contributed by atoms with Crippen molar-refractivity contribution >= 4 is 23.4 Å². The SMILES string of the molecule is CC(C)[C@@H](NC(=O)c1ccccc1O)C(=O)N1CC[C@](O)(C2=CCC(Cl)C=C2)C(C)(C)C1. The fourth-order valence-corrected chi connectivity index (χ4v) is 4.70. The van der Waals surface area contributed by atoms with Crippen molar-refractivity contribution in [2.24, 2.45) is 11.3 Å². The van der Waals surface area contributed by atoms with Crippen molar-refractivity contribution in [3.05, 3.63) is 53.6 Å². The zero-order valence-corrected chi connectivity index (χ0v) is 19.9. The highest BCUT2D eigenvalue weighted by molar-refractivity contribution is 6.22. The predicted molar refractivity (Wildman–Crippen MR) is 126 cm³/mol. The quantitative estimate of drug-likeness (QED) is 0.585. The van der Waals surface area contributed by atoms with Gasteiger partial charge in [0.05, 0.1) is 16.5 Å². The van der Waals surface area contributed by atoms with Crippen LogP contribution in [-0.4, -0.2) is 57.0 Å². The third kappa shape index (κ3) is 4.71. The summed E-state index contributed by atoms with van der Waals surface area (Å²) in [6, 6.07) is 5.52. The number of benzene rings is 1. The molecule has 1 aliphatic carbocycles. The van der Waals surface area contributed by atoms with Crippen molar-refractivity contribution in [3.8, 4) is 5.75 Å². The summed E-state index contributed by atoms with van der Waals surface area (Å²) in [5, 5.41) is 24.3. The third-order valence-electron chi connectivity index (χ3n) is 6.65. The summed E-state index contributed by atoms with van der Waals surface area (Å²) in [5.74, 6) is -0.952. The Morgan fingerprint density at radius 2 is 1.94 bits per heavy atom. The molecule has 1 unspecified atom stereocenters. The molecule has 0 spiro atoms. The molecule has 1 aromatic carbocycles. The number of carbonyl (C=O) groups is 2. The first-order valence-electron chi connectivity index (χ1n) is 11.1. The molecule has 2 aliphatic rings. The van der Waals surface area contributed by atoms with Crippen LogP contribution in [0, 0.1) is 11.3 Å². The Morgan fingerprint density at radius 3 is 2.50 bits per heavy atom. The molecular formula is C25H33ClN2O4. The van der Waals surface area contributed by atoms with E-state index < -0.39 is 23.0 Å². The number of phenolic OH excluding ortho intramolecular Hbond substituents is 1. The summed E-state index contributed by atoms with van der Waals surface area (Å²) in [6.07, 6.45) is 6.84. The molecule has 0 bridgehead atoms. The lowest BCUT2D eigenvalue weighted by Gasteiger charge is -2.52. The number of phenols is 1. The number of aromatic hydroxyl groups is 1. The minimum atomic E-state index is -1.07. The van der Waals surface area contributed by atoms with Gasteiger partial charge in [0.15, 0.2) is 0 Å². The summed E-state index contributed by atoms with van der Waals surface area (Å²) < 4.78 is 0. The molecule has 2 amide bonds. The molecule has 0 radical (unpaired) electrons. The second kappa shape index (κ2) is 9.28. The van der Waals surface area contributed by atoms with E-state index >= 15 is 0 Å². The first-order valence-corrected chi connectivity index (χ1v) is 11.5. The van der Waals surface area contributed by atoms with Gasteiger partial charge in [0, 0.05) is 18.5 Å². The van der Waals surface area contributed by atoms with Crippen molar-refractivity contribution < 1.29 is 19.8 Å². The molecule has 1 fully saturated rings. The summed E-state index contributed by atoms with van der Waals surface area (Å²) in [7, 11) is 0. The van der Waals surface area contributed by atoms with E-state index in [0.717, 1.165) is 5.57 Å². The zero-order chi connectivity index (χ0) is 23.7. The van der Waals surface area contributed by atoms with Gasteiger partial charge in [-0.25, -0.2) is 0 Å². The molecular weight excluding hydrogens is 428 g/mol. The van der Waals surface area contributed by atoms with Gasteiger partial charge < -0.3 is 20.4 Å². The van der Waals surface area contributed by atoms with Crippen LogP contribution in [0.5, 0.6) is 5.75 Å². The van der Waals surface area contributed by atoms with E-state index in [-0.39, 0.29) is 28.5 Å². The Kier molecular flexibility index (Phi) is 7.06. The van der Waals surface area contributed by atoms with E-state index in [1.54, 1.807) is 17.0 Å². The summed E-state index contributed by atoms with van der Waals surface area (Å²) in [5.41, 5.74) is -0.684. The lowest BCUT2D eigenvalue weighted by atomic mass is 9.65. The largest absolute Gasteiger partial charge is 0.507 e. The molecule has 174 valence electrons. The summed E-state index contributed by atoms with van der Waals surface area (Å²) in [6.45, 7) is 8.40. The van der Waals surface area contributed by atoms with Gasteiger partial charge >= 0.3 is 0 Å². The number of amides is 2. The molecule has 0 aromatic heterocycles. The number of likely N-dealkylation sites (tertiary alicyclic amines) is 1. The number of nitrogens with zero attached hydrogens (tertiary/aromatic N) is 1. The monoisotopic (exact) mass is 460 g/mol. The molecule has 3 rings (SSSR count). The first-order chi connectivity index (χ1) is 15.0. The van der Waals surface area contributed by atoms with Crippen molar-refractivity contribution in [2.75, 3.05) is 13.1 Å². The van der Waals surface area contributed by atoms with Crippen LogP contribution in [0.2, 0.25) is 0 Å². The number of allylic oxidation sites excluding steroid dienone is 2. The number of hydrogen-bond donors (Lipinski definition) is 3. The van der Waals surface area contributed by atoms with Crippen molar-refractivity contribution in [1.82, 2.24) is 10.2 Å². The maximum absolute atomic E-state index is 13.4. The second-order valence-electron chi connectivity index (χ2n) is 9.74. The second-order valence-corrected chi connectivity index (χ2v) is 10.3. The average Bonchev–Trinajstić information content (AvgIpc) is 2.73. The van der Waals surface area contributed by atoms with E-state index in [9.17, 15) is 19.8 Å². The van der Waals surface area contributed by atoms with Crippen molar-refractivity contribution in [3.63, 3.8) is 0 Å². The maximum Gasteiger partial charge on any atom is 0.255 e. The van der Waals surface area contributed by atoms with Crippen LogP contribution in [0.15, 0.2) is 48.1 Å². The standard InChI is InChI=1S/C25H33ClN2O4/c1-16(2)21(27-22(30)19-7-5-6-8-20(19)29)23(31)28-14-13-25(32,24(3,4)15-28)17-9-11-18(26)12-10-17/h5-11,16,18,21,29,32H,12-15H2,1-4H3,(H,27,30)/t18?,21-,25+/m1/s1. The molecule has 6 nitrogen and oxygen atoms in total. The van der Waals surface area contributed by atoms with Crippen LogP contribution in [0.1, 0.15) is 50.9 Å². The van der Waals surface area contributed by atoms with E-state index in [2.05, 4.69) is 5.32 Å². The van der Waals surface area contributed by atoms with E-state index in [0.29, 0.717) is 25.9 Å². The topological polar surface area (TPSA) is 89.9 Å². The predicted octanol–water partition coefficient (Wildman–Crippen LogP) is 3.63. The van der Waals surface area contributed by atoms with Gasteiger partial charge in [0.1, 0.15) is 11.8 Å². The molecule has 3 atom stereocenters. The van der Waals surface area contributed by atoms with E-state index in [1.165, 1.54) is 12.1 Å². The highest BCUT2D eigenvalue weighted by atomic mass is 35.5. The molecule has 0 saturated carbocycles. The highest BCUT2D eigenvalue weighted by Crippen LogP contribution is 2.45. The van der Waals surface area contributed by atoms with Crippen LogP contribution < -0.4 is 5.32 Å². The molecule has 32 heavy (non-hydrogen) atoms. The fraction of sp³-hybridized carbons (Fsp3) is 0.520. The fourth-order valence-electron chi connectivity index (χ4n) is 4.54. The Labute approximate surface area is 194 Å². The lowest BCUT2D eigenvalue weighted by molar-refractivity contribution is -0.147. The third-order valence-corrected chi connectivity index (χ3v) is 6.98. The normalized spacial score (nSPS) is 25.9. The molecule has 1 saturated heterocycles. The zero-order valence-electron chi connectivity index (χ0n) is 19.1. The molecule has 7 heteroatoms. The van der Waals surface area contributed by atoms with Crippen LogP contribution >= 0.6 is 11.6 Å². The van der Waals surface area contributed by atoms with Gasteiger partial charge in [0.2, 0.25) is 5.91 Å². The first kappa shape index (κ1) is 24.3. The van der Waals surface area contributed by atoms with Crippen molar-refractivity contribution in [1.29, 1.82) is 0 Å². The van der Waals surface area contributed by atoms with Crippen LogP contribution in [-0.2, 0) is 4.79 Å². The summed E-state index contributed by atoms with van der Waals surface area (Å²) >= 11 is 6.15. The number of piperidine rings is 1. The van der Waals surface area contributed by atoms with Gasteiger partial charge in [-0.3, -0.25) is 9.59 Å². The number of nitrogens with one attached hydrogen (secondary N) is 1. The van der Waals surface area contributed by atoms with Crippen LogP contribution in [0.4, 0.5) is 0 Å². The minimum absolute atomic E-state index is 0.0633. The van der Waals surface area contributed by atoms with Gasteiger partial charge in [-0.05, 0) is 36.5 Å². The van der Waals surface area contributed by atoms with Gasteiger partial charge in [-0.1, -0.05) is 58.1 Å². The van der Waals surface area contributed by atoms with Gasteiger partial charge in [-0.2, -0.15) is 0 Å².